The highest BCUT2D eigenvalue weighted by Gasteiger charge is 2.25. The lowest BCUT2D eigenvalue weighted by molar-refractivity contribution is 0.0680. The highest BCUT2D eigenvalue weighted by molar-refractivity contribution is 7.98. The van der Waals surface area contributed by atoms with E-state index in [-0.39, 0.29) is 5.91 Å². The Kier molecular flexibility index (Phi) is 4.45. The van der Waals surface area contributed by atoms with Crippen LogP contribution in [0, 0.1) is 12.8 Å². The molecule has 1 atom stereocenters. The zero-order valence-corrected chi connectivity index (χ0v) is 11.9. The number of nitrogens with zero attached hydrogens (tertiary/aromatic N) is 2. The molecule has 1 aliphatic rings. The molecule has 0 spiro atoms. The van der Waals surface area contributed by atoms with Gasteiger partial charge in [-0.1, -0.05) is 0 Å². The van der Waals surface area contributed by atoms with E-state index in [9.17, 15) is 4.79 Å². The Hall–Kier alpha value is -0.550. The Balaban J connectivity index is 1.99. The van der Waals surface area contributed by atoms with Gasteiger partial charge in [-0.3, -0.25) is 4.79 Å². The molecular formula is C12H18N2OS2. The zero-order valence-electron chi connectivity index (χ0n) is 10.3. The zero-order chi connectivity index (χ0) is 12.3. The molecule has 3 nitrogen and oxygen atoms in total. The van der Waals surface area contributed by atoms with E-state index in [1.165, 1.54) is 6.42 Å². The molecule has 0 bridgehead atoms. The van der Waals surface area contributed by atoms with Gasteiger partial charge in [-0.15, -0.1) is 11.3 Å². The summed E-state index contributed by atoms with van der Waals surface area (Å²) >= 11 is 3.42. The molecule has 1 saturated heterocycles. The predicted octanol–water partition coefficient (Wildman–Crippen LogP) is 2.67. The number of carbonyl (C=O) groups excluding carboxylic acids is 1. The lowest BCUT2D eigenvalue weighted by Gasteiger charge is -2.32. The lowest BCUT2D eigenvalue weighted by Crippen LogP contribution is -2.40. The van der Waals surface area contributed by atoms with Crippen LogP contribution in [-0.4, -0.2) is 40.9 Å². The Morgan fingerprint density at radius 2 is 2.53 bits per heavy atom. The fourth-order valence-electron chi connectivity index (χ4n) is 2.24. The number of hydrogen-bond acceptors (Lipinski definition) is 4. The fourth-order valence-corrected chi connectivity index (χ4v) is 3.58. The minimum atomic E-state index is 0.111. The van der Waals surface area contributed by atoms with E-state index in [0.717, 1.165) is 30.3 Å². The van der Waals surface area contributed by atoms with Crippen LogP contribution in [0.3, 0.4) is 0 Å². The number of aryl methyl sites for hydroxylation is 1. The van der Waals surface area contributed by atoms with Gasteiger partial charge in [-0.25, -0.2) is 4.98 Å². The van der Waals surface area contributed by atoms with Crippen molar-refractivity contribution in [3.05, 3.63) is 16.1 Å². The molecule has 17 heavy (non-hydrogen) atoms. The summed E-state index contributed by atoms with van der Waals surface area (Å²) in [6.07, 6.45) is 4.51. The summed E-state index contributed by atoms with van der Waals surface area (Å²) in [5, 5.41) is 2.83. The summed E-state index contributed by atoms with van der Waals surface area (Å²) in [6.45, 7) is 3.73. The van der Waals surface area contributed by atoms with Crippen molar-refractivity contribution >= 4 is 29.0 Å². The molecule has 0 saturated carbocycles. The number of piperidine rings is 1. The van der Waals surface area contributed by atoms with Crippen molar-refractivity contribution < 1.29 is 4.79 Å². The van der Waals surface area contributed by atoms with Gasteiger partial charge >= 0.3 is 0 Å². The second-order valence-corrected chi connectivity index (χ2v) is 6.44. The quantitative estimate of drug-likeness (QED) is 0.846. The average molecular weight is 270 g/mol. The molecule has 94 valence electrons. The predicted molar refractivity (Wildman–Crippen MR) is 73.9 cm³/mol. The third-order valence-corrected chi connectivity index (χ3v) is 4.62. The number of hydrogen-bond donors (Lipinski definition) is 0. The topological polar surface area (TPSA) is 33.2 Å². The summed E-state index contributed by atoms with van der Waals surface area (Å²) in [7, 11) is 0. The molecule has 0 aromatic carbocycles. The van der Waals surface area contributed by atoms with Crippen LogP contribution >= 0.6 is 23.1 Å². The molecule has 1 aromatic heterocycles. The maximum absolute atomic E-state index is 12.2. The third kappa shape index (κ3) is 3.22. The van der Waals surface area contributed by atoms with Crippen molar-refractivity contribution in [3.8, 4) is 0 Å². The Bertz CT molecular complexity index is 390. The number of likely N-dealkylation sites (tertiary alicyclic amines) is 1. The molecule has 5 heteroatoms. The van der Waals surface area contributed by atoms with E-state index in [2.05, 4.69) is 11.2 Å². The van der Waals surface area contributed by atoms with Crippen LogP contribution in [0.2, 0.25) is 0 Å². The van der Waals surface area contributed by atoms with Crippen LogP contribution in [0.4, 0.5) is 0 Å². The second-order valence-electron chi connectivity index (χ2n) is 4.47. The van der Waals surface area contributed by atoms with Gasteiger partial charge in [-0.05, 0) is 37.7 Å². The maximum atomic E-state index is 12.2. The van der Waals surface area contributed by atoms with E-state index >= 15 is 0 Å². The van der Waals surface area contributed by atoms with Crippen LogP contribution in [0.15, 0.2) is 5.38 Å². The number of carbonyl (C=O) groups is 1. The largest absolute Gasteiger partial charge is 0.337 e. The Labute approximate surface area is 111 Å². The minimum absolute atomic E-state index is 0.111. The van der Waals surface area contributed by atoms with Crippen molar-refractivity contribution in [1.29, 1.82) is 0 Å². The highest BCUT2D eigenvalue weighted by Crippen LogP contribution is 2.21. The molecule has 1 amide bonds. The van der Waals surface area contributed by atoms with Crippen LogP contribution in [-0.2, 0) is 0 Å². The summed E-state index contributed by atoms with van der Waals surface area (Å²) in [5.74, 6) is 1.92. The average Bonchev–Trinajstić information content (AvgIpc) is 2.76. The van der Waals surface area contributed by atoms with E-state index < -0.39 is 0 Å². The second kappa shape index (κ2) is 5.87. The van der Waals surface area contributed by atoms with Crippen LogP contribution < -0.4 is 0 Å². The molecule has 0 N–H and O–H groups in total. The first-order chi connectivity index (χ1) is 8.20. The fraction of sp³-hybridized carbons (Fsp3) is 0.667. The number of amides is 1. The third-order valence-electron chi connectivity index (χ3n) is 3.05. The summed E-state index contributed by atoms with van der Waals surface area (Å²) in [4.78, 5) is 18.5. The molecule has 0 aliphatic carbocycles. The summed E-state index contributed by atoms with van der Waals surface area (Å²) < 4.78 is 0. The minimum Gasteiger partial charge on any atom is -0.337 e. The van der Waals surface area contributed by atoms with Gasteiger partial charge in [0, 0.05) is 18.5 Å². The highest BCUT2D eigenvalue weighted by atomic mass is 32.2. The molecule has 2 rings (SSSR count). The SMILES string of the molecule is CSC[C@@H]1CCCN(C(=O)c2csc(C)n2)C1. The Morgan fingerprint density at radius 3 is 3.18 bits per heavy atom. The Morgan fingerprint density at radius 1 is 1.71 bits per heavy atom. The van der Waals surface area contributed by atoms with Crippen molar-refractivity contribution in [2.45, 2.75) is 19.8 Å². The van der Waals surface area contributed by atoms with Crippen LogP contribution in [0.5, 0.6) is 0 Å². The van der Waals surface area contributed by atoms with Crippen molar-refractivity contribution in [3.63, 3.8) is 0 Å². The van der Waals surface area contributed by atoms with Gasteiger partial charge in [0.25, 0.3) is 5.91 Å². The van der Waals surface area contributed by atoms with Crippen molar-refractivity contribution in [2.75, 3.05) is 25.1 Å². The summed E-state index contributed by atoms with van der Waals surface area (Å²) in [5.41, 5.74) is 0.623. The standard InChI is InChI=1S/C12H18N2OS2/c1-9-13-11(8-17-9)12(15)14-5-3-4-10(6-14)7-16-2/h8,10H,3-7H2,1-2H3/t10-/m1/s1. The first kappa shape index (κ1) is 12.9. The molecular weight excluding hydrogens is 252 g/mol. The van der Waals surface area contributed by atoms with E-state index in [1.807, 2.05) is 29.0 Å². The lowest BCUT2D eigenvalue weighted by atomic mass is 10.00. The molecule has 1 aromatic rings. The monoisotopic (exact) mass is 270 g/mol. The number of thioether (sulfide) groups is 1. The molecule has 0 unspecified atom stereocenters. The van der Waals surface area contributed by atoms with E-state index in [1.54, 1.807) is 11.3 Å². The summed E-state index contributed by atoms with van der Waals surface area (Å²) in [6, 6.07) is 0. The van der Waals surface area contributed by atoms with Gasteiger partial charge in [0.15, 0.2) is 0 Å². The molecule has 0 radical (unpaired) electrons. The molecule has 1 fully saturated rings. The van der Waals surface area contributed by atoms with Crippen molar-refractivity contribution in [1.82, 2.24) is 9.88 Å². The van der Waals surface area contributed by atoms with Gasteiger partial charge < -0.3 is 4.90 Å². The first-order valence-electron chi connectivity index (χ1n) is 5.91. The maximum Gasteiger partial charge on any atom is 0.273 e. The van der Waals surface area contributed by atoms with E-state index in [0.29, 0.717) is 11.6 Å². The smallest absolute Gasteiger partial charge is 0.273 e. The number of thiazole rings is 1. The van der Waals surface area contributed by atoms with Crippen LogP contribution in [0.1, 0.15) is 28.3 Å². The van der Waals surface area contributed by atoms with Gasteiger partial charge in [-0.2, -0.15) is 11.8 Å². The first-order valence-corrected chi connectivity index (χ1v) is 8.18. The normalized spacial score (nSPS) is 20.6. The van der Waals surface area contributed by atoms with Gasteiger partial charge in [0.2, 0.25) is 0 Å². The van der Waals surface area contributed by atoms with Crippen molar-refractivity contribution in [2.24, 2.45) is 5.92 Å². The number of rotatable bonds is 3. The number of aromatic nitrogens is 1. The van der Waals surface area contributed by atoms with E-state index in [4.69, 9.17) is 0 Å². The van der Waals surface area contributed by atoms with Gasteiger partial charge in [0.05, 0.1) is 5.01 Å². The molecule has 1 aliphatic heterocycles. The van der Waals surface area contributed by atoms with Crippen LogP contribution in [0.25, 0.3) is 0 Å². The molecule has 2 heterocycles. The van der Waals surface area contributed by atoms with Gasteiger partial charge in [0.1, 0.15) is 5.69 Å².